The van der Waals surface area contributed by atoms with Gasteiger partial charge in [-0.15, -0.1) is 0 Å². The summed E-state index contributed by atoms with van der Waals surface area (Å²) in [5.41, 5.74) is 0. The first-order valence-corrected chi connectivity index (χ1v) is 9.22. The molecule has 0 aliphatic rings. The topological polar surface area (TPSA) is 24.1 Å². The first-order chi connectivity index (χ1) is 9.81. The molecule has 0 aliphatic heterocycles. The molecule has 0 fully saturated rings. The molecule has 2 N–H and O–H groups in total. The highest BCUT2D eigenvalue weighted by Crippen LogP contribution is 2.11. The van der Waals surface area contributed by atoms with Crippen molar-refractivity contribution >= 4 is 0 Å². The Balaban J connectivity index is 3.10. The van der Waals surface area contributed by atoms with E-state index < -0.39 is 0 Å². The van der Waals surface area contributed by atoms with E-state index in [0.717, 1.165) is 5.92 Å². The van der Waals surface area contributed by atoms with Crippen LogP contribution in [-0.2, 0) is 0 Å². The average molecular weight is 285 g/mol. The summed E-state index contributed by atoms with van der Waals surface area (Å²) in [7, 11) is 0. The molecule has 0 saturated heterocycles. The lowest BCUT2D eigenvalue weighted by atomic mass is 10.0. The highest BCUT2D eigenvalue weighted by Gasteiger charge is 2.01. The van der Waals surface area contributed by atoms with Crippen LogP contribution in [0.5, 0.6) is 0 Å². The van der Waals surface area contributed by atoms with E-state index in [1.807, 2.05) is 0 Å². The number of rotatable bonds is 16. The van der Waals surface area contributed by atoms with Crippen LogP contribution >= 0.6 is 0 Å². The van der Waals surface area contributed by atoms with Gasteiger partial charge in [0, 0.05) is 0 Å². The zero-order valence-corrected chi connectivity index (χ0v) is 14.5. The van der Waals surface area contributed by atoms with Crippen LogP contribution in [0.2, 0.25) is 0 Å². The Morgan fingerprint density at radius 3 is 2.00 bits per heavy atom. The van der Waals surface area contributed by atoms with Gasteiger partial charge in [-0.1, -0.05) is 59.3 Å². The predicted octanol–water partition coefficient (Wildman–Crippen LogP) is 4.74. The molecule has 0 radical (unpaired) electrons. The van der Waals surface area contributed by atoms with E-state index in [1.165, 1.54) is 90.4 Å². The van der Waals surface area contributed by atoms with E-state index in [1.54, 1.807) is 0 Å². The van der Waals surface area contributed by atoms with Crippen molar-refractivity contribution in [2.45, 2.75) is 85.0 Å². The van der Waals surface area contributed by atoms with Crippen molar-refractivity contribution in [2.75, 3.05) is 26.2 Å². The van der Waals surface area contributed by atoms with Gasteiger partial charge < -0.3 is 10.6 Å². The van der Waals surface area contributed by atoms with Crippen molar-refractivity contribution in [3.8, 4) is 0 Å². The van der Waals surface area contributed by atoms with Crippen LogP contribution in [-0.4, -0.2) is 26.2 Å². The fourth-order valence-electron chi connectivity index (χ4n) is 2.53. The van der Waals surface area contributed by atoms with Crippen molar-refractivity contribution in [1.29, 1.82) is 0 Å². The highest BCUT2D eigenvalue weighted by atomic mass is 14.9. The van der Waals surface area contributed by atoms with Crippen molar-refractivity contribution < 1.29 is 0 Å². The summed E-state index contributed by atoms with van der Waals surface area (Å²) >= 11 is 0. The molecule has 1 atom stereocenters. The first-order valence-electron chi connectivity index (χ1n) is 9.22. The van der Waals surface area contributed by atoms with Crippen LogP contribution in [0, 0.1) is 5.92 Å². The normalized spacial score (nSPS) is 12.8. The third-order valence-corrected chi connectivity index (χ3v) is 3.93. The molecule has 0 aliphatic carbocycles. The van der Waals surface area contributed by atoms with Crippen LogP contribution in [0.15, 0.2) is 0 Å². The highest BCUT2D eigenvalue weighted by molar-refractivity contribution is 4.58. The summed E-state index contributed by atoms with van der Waals surface area (Å²) in [5, 5.41) is 7.07. The average Bonchev–Trinajstić information content (AvgIpc) is 2.45. The van der Waals surface area contributed by atoms with Gasteiger partial charge in [0.25, 0.3) is 0 Å². The second-order valence-corrected chi connectivity index (χ2v) is 6.32. The van der Waals surface area contributed by atoms with Gasteiger partial charge in [0.1, 0.15) is 0 Å². The maximum absolute atomic E-state index is 3.61. The molecule has 2 heteroatoms. The van der Waals surface area contributed by atoms with Gasteiger partial charge in [0.15, 0.2) is 0 Å². The number of unbranched alkanes of at least 4 members (excludes halogenated alkanes) is 6. The van der Waals surface area contributed by atoms with E-state index in [9.17, 15) is 0 Å². The van der Waals surface area contributed by atoms with E-state index in [4.69, 9.17) is 0 Å². The van der Waals surface area contributed by atoms with Crippen molar-refractivity contribution in [2.24, 2.45) is 5.92 Å². The lowest BCUT2D eigenvalue weighted by Crippen LogP contribution is -2.23. The van der Waals surface area contributed by atoms with E-state index in [0.29, 0.717) is 0 Å². The molecule has 0 bridgehead atoms. The summed E-state index contributed by atoms with van der Waals surface area (Å²) in [4.78, 5) is 0. The van der Waals surface area contributed by atoms with Gasteiger partial charge >= 0.3 is 0 Å². The molecule has 0 heterocycles. The minimum atomic E-state index is 0.847. The Morgan fingerprint density at radius 1 is 0.650 bits per heavy atom. The standard InChI is InChI=1S/C18H40N2/c1-4-6-7-8-9-10-13-18(3)17-20-16-12-11-15-19-14-5-2/h18-20H,4-17H2,1-3H3. The lowest BCUT2D eigenvalue weighted by molar-refractivity contribution is 0.446. The van der Waals surface area contributed by atoms with Gasteiger partial charge in [0.05, 0.1) is 0 Å². The SMILES string of the molecule is CCCCCCCCC(C)CNCCCCNCCC. The summed E-state index contributed by atoms with van der Waals surface area (Å²) in [6.07, 6.45) is 13.8. The van der Waals surface area contributed by atoms with E-state index >= 15 is 0 Å². The number of nitrogens with one attached hydrogen (secondary N) is 2. The van der Waals surface area contributed by atoms with Crippen LogP contribution < -0.4 is 10.6 Å². The third-order valence-electron chi connectivity index (χ3n) is 3.93. The molecule has 2 nitrogen and oxygen atoms in total. The first kappa shape index (κ1) is 19.9. The second-order valence-electron chi connectivity index (χ2n) is 6.32. The molecular weight excluding hydrogens is 244 g/mol. The molecule has 0 rings (SSSR count). The van der Waals surface area contributed by atoms with Crippen molar-refractivity contribution in [1.82, 2.24) is 10.6 Å². The Labute approximate surface area is 128 Å². The summed E-state index contributed by atoms with van der Waals surface area (Å²) in [5.74, 6) is 0.847. The zero-order valence-electron chi connectivity index (χ0n) is 14.5. The summed E-state index contributed by atoms with van der Waals surface area (Å²) in [6.45, 7) is 11.6. The number of hydrogen-bond donors (Lipinski definition) is 2. The Kier molecular flexibility index (Phi) is 16.9. The Bertz CT molecular complexity index is 171. The van der Waals surface area contributed by atoms with Gasteiger partial charge in [-0.25, -0.2) is 0 Å². The maximum Gasteiger partial charge on any atom is -0.00232 e. The molecule has 0 aromatic rings. The largest absolute Gasteiger partial charge is 0.317 e. The van der Waals surface area contributed by atoms with Crippen LogP contribution in [0.3, 0.4) is 0 Å². The van der Waals surface area contributed by atoms with Gasteiger partial charge in [0.2, 0.25) is 0 Å². The smallest absolute Gasteiger partial charge is 0.00232 e. The van der Waals surface area contributed by atoms with Crippen molar-refractivity contribution in [3.05, 3.63) is 0 Å². The van der Waals surface area contributed by atoms with Gasteiger partial charge in [-0.2, -0.15) is 0 Å². The molecule has 122 valence electrons. The Hall–Kier alpha value is -0.0800. The maximum atomic E-state index is 3.61. The fraction of sp³-hybridized carbons (Fsp3) is 1.00. The predicted molar refractivity (Wildman–Crippen MR) is 92.4 cm³/mol. The van der Waals surface area contributed by atoms with Crippen LogP contribution in [0.1, 0.15) is 85.0 Å². The molecule has 20 heavy (non-hydrogen) atoms. The summed E-state index contributed by atoms with van der Waals surface area (Å²) < 4.78 is 0. The van der Waals surface area contributed by atoms with Crippen molar-refractivity contribution in [3.63, 3.8) is 0 Å². The minimum Gasteiger partial charge on any atom is -0.317 e. The van der Waals surface area contributed by atoms with Crippen LogP contribution in [0.25, 0.3) is 0 Å². The monoisotopic (exact) mass is 284 g/mol. The zero-order chi connectivity index (χ0) is 14.9. The molecule has 0 spiro atoms. The quantitative estimate of drug-likeness (QED) is 0.400. The van der Waals surface area contributed by atoms with Gasteiger partial charge in [-0.3, -0.25) is 0 Å². The molecule has 0 aromatic heterocycles. The van der Waals surface area contributed by atoms with E-state index in [2.05, 4.69) is 31.4 Å². The fourth-order valence-corrected chi connectivity index (χ4v) is 2.53. The molecule has 1 unspecified atom stereocenters. The van der Waals surface area contributed by atoms with Crippen LogP contribution in [0.4, 0.5) is 0 Å². The third kappa shape index (κ3) is 16.0. The van der Waals surface area contributed by atoms with Gasteiger partial charge in [-0.05, 0) is 57.8 Å². The summed E-state index contributed by atoms with van der Waals surface area (Å²) in [6, 6.07) is 0. The molecule has 0 saturated carbocycles. The Morgan fingerprint density at radius 2 is 1.30 bits per heavy atom. The number of hydrogen-bond acceptors (Lipinski definition) is 2. The molecule has 0 amide bonds. The molecule has 0 aromatic carbocycles. The second kappa shape index (κ2) is 17.0. The van der Waals surface area contributed by atoms with E-state index in [-0.39, 0.29) is 0 Å². The molecular formula is C18H40N2. The minimum absolute atomic E-state index is 0.847. The lowest BCUT2D eigenvalue weighted by Gasteiger charge is -2.12.